The van der Waals surface area contributed by atoms with Gasteiger partial charge in [-0.1, -0.05) is 12.8 Å². The van der Waals surface area contributed by atoms with E-state index in [9.17, 15) is 9.90 Å². The van der Waals surface area contributed by atoms with Gasteiger partial charge in [-0.2, -0.15) is 0 Å². The predicted octanol–water partition coefficient (Wildman–Crippen LogP) is 1.65. The number of alkyl carbamates (subject to hydrolysis) is 1. The summed E-state index contributed by atoms with van der Waals surface area (Å²) in [5.74, 6) is 0. The molecular formula is C14H28N2O3. The van der Waals surface area contributed by atoms with Crippen molar-refractivity contribution in [3.63, 3.8) is 0 Å². The van der Waals surface area contributed by atoms with Crippen LogP contribution in [0, 0.1) is 5.41 Å². The van der Waals surface area contributed by atoms with Gasteiger partial charge in [0, 0.05) is 31.7 Å². The van der Waals surface area contributed by atoms with Crippen LogP contribution in [0.1, 0.15) is 46.5 Å². The minimum Gasteiger partial charge on any atom is -0.444 e. The number of aliphatic hydroxyl groups is 1. The molecule has 0 aliphatic heterocycles. The van der Waals surface area contributed by atoms with Crippen molar-refractivity contribution < 1.29 is 14.6 Å². The van der Waals surface area contributed by atoms with Crippen molar-refractivity contribution >= 4 is 6.09 Å². The van der Waals surface area contributed by atoms with E-state index in [0.717, 1.165) is 19.4 Å². The maximum absolute atomic E-state index is 11.4. The van der Waals surface area contributed by atoms with Crippen molar-refractivity contribution in [2.45, 2.75) is 52.1 Å². The van der Waals surface area contributed by atoms with Crippen LogP contribution >= 0.6 is 0 Å². The highest BCUT2D eigenvalue weighted by molar-refractivity contribution is 5.67. The Morgan fingerprint density at radius 1 is 1.26 bits per heavy atom. The number of aliphatic hydroxyl groups excluding tert-OH is 1. The molecule has 1 aliphatic rings. The quantitative estimate of drug-likeness (QED) is 0.643. The molecule has 1 fully saturated rings. The molecule has 3 N–H and O–H groups in total. The van der Waals surface area contributed by atoms with Crippen LogP contribution in [-0.4, -0.2) is 43.0 Å². The molecule has 0 atom stereocenters. The van der Waals surface area contributed by atoms with E-state index in [-0.39, 0.29) is 18.1 Å². The minimum atomic E-state index is -0.456. The van der Waals surface area contributed by atoms with E-state index in [2.05, 4.69) is 10.6 Å². The van der Waals surface area contributed by atoms with Crippen LogP contribution in [-0.2, 0) is 4.74 Å². The molecule has 5 heteroatoms. The Balaban J connectivity index is 2.09. The van der Waals surface area contributed by atoms with E-state index >= 15 is 0 Å². The van der Waals surface area contributed by atoms with E-state index in [1.54, 1.807) is 0 Å². The summed E-state index contributed by atoms with van der Waals surface area (Å²) < 4.78 is 5.14. The Hall–Kier alpha value is -0.810. The molecule has 0 aromatic heterocycles. The van der Waals surface area contributed by atoms with Crippen LogP contribution in [0.25, 0.3) is 0 Å². The van der Waals surface area contributed by atoms with Crippen LogP contribution < -0.4 is 10.6 Å². The molecular weight excluding hydrogens is 244 g/mol. The van der Waals surface area contributed by atoms with Crippen molar-refractivity contribution in [2.24, 2.45) is 5.41 Å². The summed E-state index contributed by atoms with van der Waals surface area (Å²) in [5, 5.41) is 15.5. The maximum Gasteiger partial charge on any atom is 0.407 e. The fraction of sp³-hybridized carbons (Fsp3) is 0.929. The van der Waals surface area contributed by atoms with E-state index in [0.29, 0.717) is 13.1 Å². The van der Waals surface area contributed by atoms with Crippen LogP contribution in [0.2, 0.25) is 0 Å². The molecule has 0 spiro atoms. The summed E-state index contributed by atoms with van der Waals surface area (Å²) in [6.07, 6.45) is 4.22. The molecule has 1 aliphatic carbocycles. The Morgan fingerprint density at radius 3 is 2.42 bits per heavy atom. The number of ether oxygens (including phenoxy) is 1. The monoisotopic (exact) mass is 272 g/mol. The lowest BCUT2D eigenvalue weighted by molar-refractivity contribution is 0.0527. The Labute approximate surface area is 116 Å². The predicted molar refractivity (Wildman–Crippen MR) is 75.1 cm³/mol. The Morgan fingerprint density at radius 2 is 1.89 bits per heavy atom. The standard InChI is InChI=1S/C14H28N2O3/c1-13(2,3)19-12(18)16-9-8-15-10-14(11-17)6-4-5-7-14/h15,17H,4-11H2,1-3H3,(H,16,18). The van der Waals surface area contributed by atoms with Gasteiger partial charge >= 0.3 is 6.09 Å². The number of hydrogen-bond donors (Lipinski definition) is 3. The largest absolute Gasteiger partial charge is 0.444 e. The highest BCUT2D eigenvalue weighted by atomic mass is 16.6. The fourth-order valence-electron chi connectivity index (χ4n) is 2.44. The van der Waals surface area contributed by atoms with Gasteiger partial charge in [0.25, 0.3) is 0 Å². The third-order valence-corrected chi connectivity index (χ3v) is 3.47. The van der Waals surface area contributed by atoms with Crippen molar-refractivity contribution in [3.05, 3.63) is 0 Å². The molecule has 0 bridgehead atoms. The van der Waals surface area contributed by atoms with Crippen LogP contribution in [0.3, 0.4) is 0 Å². The van der Waals surface area contributed by atoms with Gasteiger partial charge in [-0.25, -0.2) is 4.79 Å². The third-order valence-electron chi connectivity index (χ3n) is 3.47. The second kappa shape index (κ2) is 7.10. The van der Waals surface area contributed by atoms with Gasteiger partial charge < -0.3 is 20.5 Å². The molecule has 0 aromatic carbocycles. The molecule has 0 heterocycles. The molecule has 19 heavy (non-hydrogen) atoms. The van der Waals surface area contributed by atoms with Crippen molar-refractivity contribution in [1.29, 1.82) is 0 Å². The normalized spacial score (nSPS) is 18.3. The second-order valence-corrected chi connectivity index (χ2v) is 6.47. The summed E-state index contributed by atoms with van der Waals surface area (Å²) in [4.78, 5) is 11.4. The topological polar surface area (TPSA) is 70.6 Å². The molecule has 1 amide bonds. The minimum absolute atomic E-state index is 0.0614. The average Bonchev–Trinajstić information content (AvgIpc) is 2.75. The van der Waals surface area contributed by atoms with Crippen molar-refractivity contribution in [3.8, 4) is 0 Å². The fourth-order valence-corrected chi connectivity index (χ4v) is 2.44. The van der Waals surface area contributed by atoms with Crippen molar-refractivity contribution in [2.75, 3.05) is 26.2 Å². The SMILES string of the molecule is CC(C)(C)OC(=O)NCCNCC1(CO)CCCC1. The number of carbonyl (C=O) groups excluding carboxylic acids is 1. The number of amides is 1. The van der Waals surface area contributed by atoms with Crippen LogP contribution in [0.15, 0.2) is 0 Å². The summed E-state index contributed by atoms with van der Waals surface area (Å²) >= 11 is 0. The highest BCUT2D eigenvalue weighted by Crippen LogP contribution is 2.36. The molecule has 1 saturated carbocycles. The first-order valence-corrected chi connectivity index (χ1v) is 7.15. The van der Waals surface area contributed by atoms with E-state index in [1.165, 1.54) is 12.8 Å². The van der Waals surface area contributed by atoms with Crippen molar-refractivity contribution in [1.82, 2.24) is 10.6 Å². The molecule has 0 radical (unpaired) electrons. The first-order chi connectivity index (χ1) is 8.87. The lowest BCUT2D eigenvalue weighted by Crippen LogP contribution is -2.40. The van der Waals surface area contributed by atoms with E-state index in [1.807, 2.05) is 20.8 Å². The van der Waals surface area contributed by atoms with Gasteiger partial charge in [0.2, 0.25) is 0 Å². The Bertz CT molecular complexity index is 281. The lowest BCUT2D eigenvalue weighted by atomic mass is 9.87. The summed E-state index contributed by atoms with van der Waals surface area (Å²) in [5.41, 5.74) is -0.395. The zero-order valence-electron chi connectivity index (χ0n) is 12.4. The first kappa shape index (κ1) is 16.2. The summed E-state index contributed by atoms with van der Waals surface area (Å²) in [6.45, 7) is 7.83. The Kier molecular flexibility index (Phi) is 6.07. The van der Waals surface area contributed by atoms with E-state index in [4.69, 9.17) is 4.74 Å². The van der Waals surface area contributed by atoms with Crippen LogP contribution in [0.4, 0.5) is 4.79 Å². The lowest BCUT2D eigenvalue weighted by Gasteiger charge is -2.26. The van der Waals surface area contributed by atoms with Gasteiger partial charge in [-0.05, 0) is 33.6 Å². The van der Waals surface area contributed by atoms with Gasteiger partial charge in [0.15, 0.2) is 0 Å². The van der Waals surface area contributed by atoms with Crippen LogP contribution in [0.5, 0.6) is 0 Å². The zero-order chi connectivity index (χ0) is 14.4. The molecule has 0 aromatic rings. The molecule has 0 unspecified atom stereocenters. The smallest absolute Gasteiger partial charge is 0.407 e. The van der Waals surface area contributed by atoms with Gasteiger partial charge in [-0.15, -0.1) is 0 Å². The second-order valence-electron chi connectivity index (χ2n) is 6.47. The summed E-state index contributed by atoms with van der Waals surface area (Å²) in [7, 11) is 0. The van der Waals surface area contributed by atoms with Gasteiger partial charge in [0.1, 0.15) is 5.60 Å². The molecule has 0 saturated heterocycles. The first-order valence-electron chi connectivity index (χ1n) is 7.15. The number of hydrogen-bond acceptors (Lipinski definition) is 4. The molecule has 5 nitrogen and oxygen atoms in total. The van der Waals surface area contributed by atoms with E-state index < -0.39 is 5.60 Å². The maximum atomic E-state index is 11.4. The highest BCUT2D eigenvalue weighted by Gasteiger charge is 2.32. The van der Waals surface area contributed by atoms with Gasteiger partial charge in [-0.3, -0.25) is 0 Å². The van der Waals surface area contributed by atoms with Gasteiger partial charge in [0.05, 0.1) is 0 Å². The molecule has 112 valence electrons. The summed E-state index contributed by atoms with van der Waals surface area (Å²) in [6, 6.07) is 0. The average molecular weight is 272 g/mol. The number of nitrogens with one attached hydrogen (secondary N) is 2. The zero-order valence-corrected chi connectivity index (χ0v) is 12.4. The number of carbonyl (C=O) groups is 1. The molecule has 1 rings (SSSR count). The third kappa shape index (κ3) is 6.25. The number of rotatable bonds is 6.